The minimum Gasteiger partial charge on any atom is -0.481 e. The Morgan fingerprint density at radius 2 is 1.86 bits per heavy atom. The van der Waals surface area contributed by atoms with Crippen molar-refractivity contribution in [2.45, 2.75) is 30.2 Å². The van der Waals surface area contributed by atoms with Crippen LogP contribution in [-0.4, -0.2) is 26.1 Å². The van der Waals surface area contributed by atoms with E-state index in [9.17, 15) is 18.0 Å². The van der Waals surface area contributed by atoms with Gasteiger partial charge < -0.3 is 5.11 Å². The highest BCUT2D eigenvalue weighted by atomic mass is 35.5. The van der Waals surface area contributed by atoms with E-state index in [2.05, 4.69) is 10.2 Å². The van der Waals surface area contributed by atoms with Crippen molar-refractivity contribution >= 4 is 29.3 Å². The molecule has 0 bridgehead atoms. The maximum atomic E-state index is 12.7. The predicted molar refractivity (Wildman–Crippen MR) is 103 cm³/mol. The van der Waals surface area contributed by atoms with Gasteiger partial charge in [-0.25, -0.2) is 0 Å². The molecule has 0 radical (unpaired) electrons. The Hall–Kier alpha value is -2.52. The van der Waals surface area contributed by atoms with Crippen LogP contribution in [0, 0.1) is 6.92 Å². The number of hydrogen-bond donors (Lipinski definition) is 1. The average molecular weight is 442 g/mol. The van der Waals surface area contributed by atoms with Crippen molar-refractivity contribution in [1.82, 2.24) is 15.0 Å². The standard InChI is InChI=1S/C19H15ClF3N3O2S/c1-11-17(10-29-15-7-2-12(8-18(27)28)16(20)9-15)25-26(24-11)14-5-3-13(4-6-14)19(21,22)23/h2-7,9H,8,10H2,1H3,(H,27,28). The van der Waals surface area contributed by atoms with Crippen LogP contribution in [0.3, 0.4) is 0 Å². The first kappa shape index (κ1) is 21.2. The highest BCUT2D eigenvalue weighted by molar-refractivity contribution is 7.98. The molecule has 0 spiro atoms. The van der Waals surface area contributed by atoms with Gasteiger partial charge in [0.1, 0.15) is 0 Å². The van der Waals surface area contributed by atoms with Crippen LogP contribution in [0.25, 0.3) is 5.69 Å². The molecule has 1 aromatic heterocycles. The Morgan fingerprint density at radius 3 is 2.45 bits per heavy atom. The summed E-state index contributed by atoms with van der Waals surface area (Å²) in [6.07, 6.45) is -4.54. The Bertz CT molecular complexity index is 1040. The van der Waals surface area contributed by atoms with Gasteiger partial charge in [0.25, 0.3) is 0 Å². The lowest BCUT2D eigenvalue weighted by atomic mass is 10.1. The van der Waals surface area contributed by atoms with Gasteiger partial charge in [-0.15, -0.1) is 11.8 Å². The van der Waals surface area contributed by atoms with Crippen LogP contribution < -0.4 is 0 Å². The molecule has 1 N–H and O–H groups in total. The second-order valence-corrected chi connectivity index (χ2v) is 7.63. The number of hydrogen-bond acceptors (Lipinski definition) is 4. The number of carboxylic acid groups (broad SMARTS) is 1. The molecule has 0 atom stereocenters. The third-order valence-electron chi connectivity index (χ3n) is 4.05. The second kappa shape index (κ2) is 8.46. The highest BCUT2D eigenvalue weighted by Gasteiger charge is 2.30. The van der Waals surface area contributed by atoms with Crippen LogP contribution in [0.1, 0.15) is 22.5 Å². The minimum absolute atomic E-state index is 0.148. The van der Waals surface area contributed by atoms with E-state index >= 15 is 0 Å². The molecule has 0 saturated carbocycles. The number of carboxylic acids is 1. The van der Waals surface area contributed by atoms with Gasteiger partial charge in [0.2, 0.25) is 0 Å². The Morgan fingerprint density at radius 1 is 1.17 bits per heavy atom. The van der Waals surface area contributed by atoms with Crippen LogP contribution >= 0.6 is 23.4 Å². The van der Waals surface area contributed by atoms with E-state index in [0.29, 0.717) is 33.4 Å². The fourth-order valence-corrected chi connectivity index (χ4v) is 3.76. The summed E-state index contributed by atoms with van der Waals surface area (Å²) in [6, 6.07) is 9.77. The Balaban J connectivity index is 1.71. The lowest BCUT2D eigenvalue weighted by molar-refractivity contribution is -0.138. The van der Waals surface area contributed by atoms with Gasteiger partial charge in [-0.3, -0.25) is 4.79 Å². The van der Waals surface area contributed by atoms with Gasteiger partial charge in [-0.1, -0.05) is 17.7 Å². The van der Waals surface area contributed by atoms with E-state index in [1.54, 1.807) is 25.1 Å². The number of aryl methyl sites for hydroxylation is 1. The number of benzene rings is 2. The summed E-state index contributed by atoms with van der Waals surface area (Å²) in [7, 11) is 0. The van der Waals surface area contributed by atoms with Gasteiger partial charge in [-0.05, 0) is 48.9 Å². The van der Waals surface area contributed by atoms with E-state index in [0.717, 1.165) is 17.0 Å². The Kier molecular flexibility index (Phi) is 6.18. The lowest BCUT2D eigenvalue weighted by Gasteiger charge is -2.07. The first-order valence-electron chi connectivity index (χ1n) is 8.37. The summed E-state index contributed by atoms with van der Waals surface area (Å²) in [5, 5.41) is 17.9. The van der Waals surface area contributed by atoms with Crippen molar-refractivity contribution in [1.29, 1.82) is 0 Å². The Labute approximate surface area is 173 Å². The molecule has 3 rings (SSSR count). The van der Waals surface area contributed by atoms with E-state index in [1.807, 2.05) is 0 Å². The maximum Gasteiger partial charge on any atom is 0.416 e. The number of aromatic nitrogens is 3. The van der Waals surface area contributed by atoms with Crippen LogP contribution in [0.2, 0.25) is 5.02 Å². The number of alkyl halides is 3. The normalized spacial score (nSPS) is 11.6. The van der Waals surface area contributed by atoms with Crippen molar-refractivity contribution in [2.24, 2.45) is 0 Å². The van der Waals surface area contributed by atoms with Crippen LogP contribution in [0.4, 0.5) is 13.2 Å². The SMILES string of the molecule is Cc1nn(-c2ccc(C(F)(F)F)cc2)nc1CSc1ccc(CC(=O)O)c(Cl)c1. The zero-order valence-electron chi connectivity index (χ0n) is 15.1. The number of aliphatic carboxylic acids is 1. The molecule has 0 aliphatic rings. The smallest absolute Gasteiger partial charge is 0.416 e. The van der Waals surface area contributed by atoms with Gasteiger partial charge in [0.15, 0.2) is 0 Å². The second-order valence-electron chi connectivity index (χ2n) is 6.18. The summed E-state index contributed by atoms with van der Waals surface area (Å²) in [4.78, 5) is 12.9. The third-order valence-corrected chi connectivity index (χ3v) is 5.40. The quantitative estimate of drug-likeness (QED) is 0.535. The summed E-state index contributed by atoms with van der Waals surface area (Å²) in [5.41, 5.74) is 1.57. The van der Waals surface area contributed by atoms with Crippen molar-refractivity contribution in [3.63, 3.8) is 0 Å². The molecule has 152 valence electrons. The van der Waals surface area contributed by atoms with E-state index in [-0.39, 0.29) is 6.42 Å². The summed E-state index contributed by atoms with van der Waals surface area (Å²) >= 11 is 7.57. The number of nitrogens with zero attached hydrogens (tertiary/aromatic N) is 3. The summed E-state index contributed by atoms with van der Waals surface area (Å²) in [5.74, 6) is -0.482. The molecule has 3 aromatic rings. The van der Waals surface area contributed by atoms with Gasteiger partial charge in [-0.2, -0.15) is 28.2 Å². The molecule has 1 heterocycles. The molecule has 0 saturated heterocycles. The van der Waals surface area contributed by atoms with Crippen molar-refractivity contribution in [3.8, 4) is 5.69 Å². The van der Waals surface area contributed by atoms with E-state index < -0.39 is 17.7 Å². The van der Waals surface area contributed by atoms with Crippen molar-refractivity contribution in [3.05, 3.63) is 70.0 Å². The highest BCUT2D eigenvalue weighted by Crippen LogP contribution is 2.30. The average Bonchev–Trinajstić information content (AvgIpc) is 3.02. The molecule has 29 heavy (non-hydrogen) atoms. The third kappa shape index (κ3) is 5.30. The minimum atomic E-state index is -4.39. The van der Waals surface area contributed by atoms with Crippen molar-refractivity contribution < 1.29 is 23.1 Å². The summed E-state index contributed by atoms with van der Waals surface area (Å²) in [6.45, 7) is 1.77. The zero-order valence-corrected chi connectivity index (χ0v) is 16.6. The topological polar surface area (TPSA) is 68.0 Å². The van der Waals surface area contributed by atoms with Gasteiger partial charge >= 0.3 is 12.1 Å². The molecule has 0 fully saturated rings. The molecular formula is C19H15ClF3N3O2S. The molecule has 10 heteroatoms. The first-order valence-corrected chi connectivity index (χ1v) is 9.73. The molecule has 5 nitrogen and oxygen atoms in total. The molecule has 2 aromatic carbocycles. The summed E-state index contributed by atoms with van der Waals surface area (Å²) < 4.78 is 38.1. The molecule has 0 aliphatic carbocycles. The van der Waals surface area contributed by atoms with Gasteiger partial charge in [0.05, 0.1) is 29.1 Å². The fraction of sp³-hybridized carbons (Fsp3) is 0.211. The first-order chi connectivity index (χ1) is 13.6. The number of thioether (sulfide) groups is 1. The molecular weight excluding hydrogens is 427 g/mol. The van der Waals surface area contributed by atoms with Crippen LogP contribution in [0.5, 0.6) is 0 Å². The van der Waals surface area contributed by atoms with E-state index in [1.165, 1.54) is 28.7 Å². The molecule has 0 unspecified atom stereocenters. The number of rotatable bonds is 6. The molecule has 0 aliphatic heterocycles. The zero-order chi connectivity index (χ0) is 21.2. The monoisotopic (exact) mass is 441 g/mol. The molecule has 0 amide bonds. The van der Waals surface area contributed by atoms with Gasteiger partial charge in [0, 0.05) is 15.7 Å². The number of halogens is 4. The van der Waals surface area contributed by atoms with E-state index in [4.69, 9.17) is 16.7 Å². The largest absolute Gasteiger partial charge is 0.481 e. The number of carbonyl (C=O) groups is 1. The van der Waals surface area contributed by atoms with Crippen molar-refractivity contribution in [2.75, 3.05) is 0 Å². The fourth-order valence-electron chi connectivity index (χ4n) is 2.52. The van der Waals surface area contributed by atoms with Crippen LogP contribution in [0.15, 0.2) is 47.4 Å². The maximum absolute atomic E-state index is 12.7. The van der Waals surface area contributed by atoms with Crippen LogP contribution in [-0.2, 0) is 23.1 Å². The predicted octanol–water partition coefficient (Wildman–Crippen LogP) is 5.17. The lowest BCUT2D eigenvalue weighted by Crippen LogP contribution is -2.06.